The van der Waals surface area contributed by atoms with Crippen molar-refractivity contribution in [2.45, 2.75) is 4.90 Å². The number of rotatable bonds is 0. The summed E-state index contributed by atoms with van der Waals surface area (Å²) in [6, 6.07) is 1.56. The van der Waals surface area contributed by atoms with Gasteiger partial charge in [-0.2, -0.15) is 8.42 Å². The van der Waals surface area contributed by atoms with Crippen LogP contribution in [0.3, 0.4) is 0 Å². The third-order valence-corrected chi connectivity index (χ3v) is 4.29. The summed E-state index contributed by atoms with van der Waals surface area (Å²) in [5, 5.41) is 1.28. The molecule has 2 aliphatic heterocycles. The Kier molecular flexibility index (Phi) is 2.88. The first-order valence-corrected chi connectivity index (χ1v) is 7.20. The van der Waals surface area contributed by atoms with Crippen molar-refractivity contribution >= 4 is 21.7 Å². The Balaban J connectivity index is 2.06. The standard InChI is InChI=1S/C10H13N5O3S/c11-15-8-1-2-12-7-9(8)19(16,17)13-10(15)14-3-5-18-6-4-14/h1-2,7H,3-6,11H2. The lowest BCUT2D eigenvalue weighted by Crippen LogP contribution is -2.54. The van der Waals surface area contributed by atoms with Crippen molar-refractivity contribution in [3.8, 4) is 0 Å². The van der Waals surface area contributed by atoms with Crippen LogP contribution in [-0.2, 0) is 14.8 Å². The van der Waals surface area contributed by atoms with Crippen LogP contribution < -0.4 is 10.9 Å². The summed E-state index contributed by atoms with van der Waals surface area (Å²) in [5.74, 6) is 6.19. The van der Waals surface area contributed by atoms with Crippen molar-refractivity contribution in [1.29, 1.82) is 0 Å². The zero-order valence-electron chi connectivity index (χ0n) is 10.1. The fourth-order valence-corrected chi connectivity index (χ4v) is 3.19. The molecule has 0 unspecified atom stereocenters. The number of hydrogen-bond donors (Lipinski definition) is 1. The van der Waals surface area contributed by atoms with Crippen LogP contribution in [0.25, 0.3) is 0 Å². The van der Waals surface area contributed by atoms with Crippen LogP contribution in [0.15, 0.2) is 27.8 Å². The lowest BCUT2D eigenvalue weighted by atomic mass is 10.4. The lowest BCUT2D eigenvalue weighted by Gasteiger charge is -2.35. The van der Waals surface area contributed by atoms with Gasteiger partial charge in [0.1, 0.15) is 4.90 Å². The second-order valence-corrected chi connectivity index (χ2v) is 5.75. The van der Waals surface area contributed by atoms with Gasteiger partial charge in [0.2, 0.25) is 5.96 Å². The summed E-state index contributed by atoms with van der Waals surface area (Å²) in [6.45, 7) is 2.16. The zero-order chi connectivity index (χ0) is 13.5. The smallest absolute Gasteiger partial charge is 0.289 e. The quantitative estimate of drug-likeness (QED) is 0.619. The number of hydrazine groups is 1. The summed E-state index contributed by atoms with van der Waals surface area (Å²) in [4.78, 5) is 5.62. The van der Waals surface area contributed by atoms with E-state index in [1.807, 2.05) is 0 Å². The predicted molar refractivity (Wildman–Crippen MR) is 67.9 cm³/mol. The molecule has 0 amide bonds. The Morgan fingerprint density at radius 1 is 1.32 bits per heavy atom. The van der Waals surface area contributed by atoms with Gasteiger partial charge in [0.15, 0.2) is 0 Å². The average Bonchev–Trinajstić information content (AvgIpc) is 2.44. The van der Waals surface area contributed by atoms with Crippen molar-refractivity contribution in [3.63, 3.8) is 0 Å². The van der Waals surface area contributed by atoms with E-state index in [9.17, 15) is 8.42 Å². The highest BCUT2D eigenvalue weighted by Crippen LogP contribution is 2.29. The van der Waals surface area contributed by atoms with Gasteiger partial charge < -0.3 is 9.64 Å². The van der Waals surface area contributed by atoms with Crippen LogP contribution in [0, 0.1) is 0 Å². The average molecular weight is 283 g/mol. The van der Waals surface area contributed by atoms with E-state index in [2.05, 4.69) is 9.38 Å². The predicted octanol–water partition coefficient (Wildman–Crippen LogP) is -0.848. The molecule has 0 bridgehead atoms. The first-order chi connectivity index (χ1) is 9.09. The van der Waals surface area contributed by atoms with Gasteiger partial charge in [0.05, 0.1) is 18.9 Å². The van der Waals surface area contributed by atoms with Crippen molar-refractivity contribution in [2.75, 3.05) is 31.3 Å². The van der Waals surface area contributed by atoms with E-state index in [4.69, 9.17) is 10.6 Å². The Morgan fingerprint density at radius 3 is 2.79 bits per heavy atom. The maximum absolute atomic E-state index is 12.1. The molecular weight excluding hydrogens is 270 g/mol. The molecule has 0 spiro atoms. The van der Waals surface area contributed by atoms with Crippen LogP contribution in [0.1, 0.15) is 0 Å². The highest BCUT2D eigenvalue weighted by Gasteiger charge is 2.32. The number of pyridine rings is 1. The van der Waals surface area contributed by atoms with E-state index in [-0.39, 0.29) is 10.9 Å². The fourth-order valence-electron chi connectivity index (χ4n) is 2.05. The molecule has 19 heavy (non-hydrogen) atoms. The molecule has 0 atom stereocenters. The highest BCUT2D eigenvalue weighted by molar-refractivity contribution is 7.90. The number of fused-ring (bicyclic) bond motifs is 1. The Hall–Kier alpha value is -1.71. The molecule has 0 aliphatic carbocycles. The number of hydrogen-bond acceptors (Lipinski definition) is 7. The molecule has 0 radical (unpaired) electrons. The molecule has 3 heterocycles. The second kappa shape index (κ2) is 4.44. The van der Waals surface area contributed by atoms with Crippen LogP contribution in [0.2, 0.25) is 0 Å². The monoisotopic (exact) mass is 283 g/mol. The summed E-state index contributed by atoms with van der Waals surface area (Å²) < 4.78 is 33.2. The van der Waals surface area contributed by atoms with Gasteiger partial charge in [0, 0.05) is 25.5 Å². The molecule has 3 rings (SSSR count). The number of guanidine groups is 1. The van der Waals surface area contributed by atoms with Gasteiger partial charge >= 0.3 is 0 Å². The number of morpholine rings is 1. The van der Waals surface area contributed by atoms with E-state index in [1.54, 1.807) is 11.0 Å². The number of aromatic nitrogens is 1. The summed E-state index contributed by atoms with van der Waals surface area (Å²) in [5.41, 5.74) is 0.381. The highest BCUT2D eigenvalue weighted by atomic mass is 32.2. The molecule has 1 aromatic heterocycles. The first kappa shape index (κ1) is 12.3. The van der Waals surface area contributed by atoms with Gasteiger partial charge in [-0.25, -0.2) is 10.9 Å². The molecule has 0 saturated carbocycles. The summed E-state index contributed by atoms with van der Waals surface area (Å²) >= 11 is 0. The number of nitrogens with zero attached hydrogens (tertiary/aromatic N) is 4. The largest absolute Gasteiger partial charge is 0.378 e. The minimum Gasteiger partial charge on any atom is -0.378 e. The summed E-state index contributed by atoms with van der Waals surface area (Å²) in [7, 11) is -3.75. The molecule has 2 aliphatic rings. The zero-order valence-corrected chi connectivity index (χ0v) is 10.9. The number of anilines is 1. The van der Waals surface area contributed by atoms with Crippen molar-refractivity contribution in [3.05, 3.63) is 18.5 Å². The maximum Gasteiger partial charge on any atom is 0.289 e. The van der Waals surface area contributed by atoms with Gasteiger partial charge in [-0.1, -0.05) is 0 Å². The molecule has 1 aromatic rings. The summed E-state index contributed by atoms with van der Waals surface area (Å²) in [6.07, 6.45) is 2.75. The van der Waals surface area contributed by atoms with Crippen LogP contribution in [0.4, 0.5) is 5.69 Å². The van der Waals surface area contributed by atoms with E-state index in [0.717, 1.165) is 0 Å². The van der Waals surface area contributed by atoms with Crippen LogP contribution in [0.5, 0.6) is 0 Å². The van der Waals surface area contributed by atoms with Gasteiger partial charge in [0.25, 0.3) is 10.0 Å². The Morgan fingerprint density at radius 2 is 2.05 bits per heavy atom. The second-order valence-electron chi connectivity index (χ2n) is 4.18. The van der Waals surface area contributed by atoms with Crippen LogP contribution >= 0.6 is 0 Å². The van der Waals surface area contributed by atoms with E-state index >= 15 is 0 Å². The van der Waals surface area contributed by atoms with E-state index in [1.165, 1.54) is 17.4 Å². The van der Waals surface area contributed by atoms with Gasteiger partial charge in [-0.15, -0.1) is 4.40 Å². The minimum atomic E-state index is -3.75. The van der Waals surface area contributed by atoms with Crippen LogP contribution in [-0.4, -0.2) is 50.6 Å². The van der Waals surface area contributed by atoms with Gasteiger partial charge in [-0.3, -0.25) is 4.98 Å². The Bertz CT molecular complexity index is 624. The molecule has 1 fully saturated rings. The molecular formula is C10H13N5O3S. The normalized spacial score (nSPS) is 21.8. The number of sulfonamides is 1. The SMILES string of the molecule is NN1C(N2CCOCC2)=NS(=O)(=O)c2cnccc21. The topological polar surface area (TPSA) is 101 Å². The minimum absolute atomic E-state index is 0.0227. The maximum atomic E-state index is 12.1. The number of nitrogens with two attached hydrogens (primary N) is 1. The molecule has 8 nitrogen and oxygen atoms in total. The third kappa shape index (κ3) is 2.05. The van der Waals surface area contributed by atoms with Gasteiger partial charge in [-0.05, 0) is 6.07 Å². The molecule has 0 aromatic carbocycles. The Labute approximate surface area is 110 Å². The van der Waals surface area contributed by atoms with Crippen molar-refractivity contribution < 1.29 is 13.2 Å². The molecule has 102 valence electrons. The van der Waals surface area contributed by atoms with E-state index < -0.39 is 10.0 Å². The van der Waals surface area contributed by atoms with E-state index in [0.29, 0.717) is 32.0 Å². The molecule has 2 N–H and O–H groups in total. The van der Waals surface area contributed by atoms with Crippen molar-refractivity contribution in [2.24, 2.45) is 10.2 Å². The van der Waals surface area contributed by atoms with Crippen molar-refractivity contribution in [1.82, 2.24) is 9.88 Å². The first-order valence-electron chi connectivity index (χ1n) is 5.76. The molecule has 1 saturated heterocycles. The number of ether oxygens (including phenoxy) is 1. The fraction of sp³-hybridized carbons (Fsp3) is 0.400. The third-order valence-electron chi connectivity index (χ3n) is 3.01. The lowest BCUT2D eigenvalue weighted by molar-refractivity contribution is 0.0673. The molecule has 9 heteroatoms.